The van der Waals surface area contributed by atoms with Crippen molar-refractivity contribution in [2.45, 2.75) is 38.5 Å². The third-order valence-electron chi connectivity index (χ3n) is 2.33. The first-order chi connectivity index (χ1) is 7.48. The number of aromatic nitrogens is 2. The molecule has 1 rings (SSSR count). The van der Waals surface area contributed by atoms with Crippen molar-refractivity contribution in [1.29, 1.82) is 0 Å². The normalized spacial score (nSPS) is 14.1. The van der Waals surface area contributed by atoms with E-state index in [1.165, 1.54) is 13.2 Å². The minimum atomic E-state index is -4.17. The van der Waals surface area contributed by atoms with E-state index < -0.39 is 18.6 Å². The molecule has 3 nitrogen and oxygen atoms in total. The average Bonchev–Trinajstić information content (AvgIpc) is 2.61. The van der Waals surface area contributed by atoms with E-state index >= 15 is 0 Å². The Morgan fingerprint density at radius 3 is 2.69 bits per heavy atom. The molecule has 1 heterocycles. The zero-order valence-corrected chi connectivity index (χ0v) is 9.38. The molecule has 1 N–H and O–H groups in total. The third-order valence-corrected chi connectivity index (χ3v) is 2.33. The lowest BCUT2D eigenvalue weighted by molar-refractivity contribution is -0.140. The van der Waals surface area contributed by atoms with Crippen LogP contribution in [0.3, 0.4) is 0 Å². The van der Waals surface area contributed by atoms with Crippen LogP contribution in [0.1, 0.15) is 31.5 Å². The molecule has 1 atom stereocenters. The van der Waals surface area contributed by atoms with Crippen molar-refractivity contribution in [2.75, 3.05) is 7.05 Å². The fourth-order valence-electron chi connectivity index (χ4n) is 1.62. The van der Waals surface area contributed by atoms with E-state index in [0.29, 0.717) is 12.2 Å². The molecule has 6 heteroatoms. The maximum absolute atomic E-state index is 12.3. The molecule has 0 aliphatic carbocycles. The SMILES string of the molecule is CCCn1nccc1C(CC(F)(F)F)NC. The molecule has 0 aliphatic heterocycles. The van der Waals surface area contributed by atoms with Crippen LogP contribution in [-0.2, 0) is 6.54 Å². The van der Waals surface area contributed by atoms with Crippen molar-refractivity contribution in [3.05, 3.63) is 18.0 Å². The van der Waals surface area contributed by atoms with Gasteiger partial charge in [-0.25, -0.2) is 0 Å². The molecule has 1 aromatic rings. The van der Waals surface area contributed by atoms with Crippen LogP contribution in [0.15, 0.2) is 12.3 Å². The molecule has 0 spiro atoms. The number of hydrogen-bond acceptors (Lipinski definition) is 2. The second-order valence-electron chi connectivity index (χ2n) is 3.64. The summed E-state index contributed by atoms with van der Waals surface area (Å²) in [6.07, 6.45) is -2.67. The summed E-state index contributed by atoms with van der Waals surface area (Å²) in [4.78, 5) is 0. The van der Waals surface area contributed by atoms with Crippen molar-refractivity contribution >= 4 is 0 Å². The van der Waals surface area contributed by atoms with Crippen LogP contribution in [0.4, 0.5) is 13.2 Å². The van der Waals surface area contributed by atoms with Gasteiger partial charge >= 0.3 is 6.18 Å². The van der Waals surface area contributed by atoms with Gasteiger partial charge in [-0.05, 0) is 19.5 Å². The van der Waals surface area contributed by atoms with Gasteiger partial charge in [-0.2, -0.15) is 18.3 Å². The summed E-state index contributed by atoms with van der Waals surface area (Å²) in [5.41, 5.74) is 0.585. The topological polar surface area (TPSA) is 29.9 Å². The van der Waals surface area contributed by atoms with Gasteiger partial charge in [0.2, 0.25) is 0 Å². The molecular weight excluding hydrogens is 219 g/mol. The summed E-state index contributed by atoms with van der Waals surface area (Å²) in [6, 6.07) is 0.900. The standard InChI is InChI=1S/C10H16F3N3/c1-3-6-16-9(4-5-15-16)8(14-2)7-10(11,12)13/h4-5,8,14H,3,6-7H2,1-2H3. The Balaban J connectivity index is 2.82. The van der Waals surface area contributed by atoms with Gasteiger partial charge in [-0.1, -0.05) is 6.92 Å². The lowest BCUT2D eigenvalue weighted by Crippen LogP contribution is -2.26. The van der Waals surface area contributed by atoms with Crippen LogP contribution < -0.4 is 5.32 Å². The Kier molecular flexibility index (Phi) is 4.35. The zero-order valence-electron chi connectivity index (χ0n) is 9.38. The fraction of sp³-hybridized carbons (Fsp3) is 0.700. The third kappa shape index (κ3) is 3.52. The van der Waals surface area contributed by atoms with E-state index in [-0.39, 0.29) is 0 Å². The second-order valence-corrected chi connectivity index (χ2v) is 3.64. The van der Waals surface area contributed by atoms with Gasteiger partial charge in [0, 0.05) is 12.7 Å². The lowest BCUT2D eigenvalue weighted by Gasteiger charge is -2.19. The summed E-state index contributed by atoms with van der Waals surface area (Å²) in [5, 5.41) is 6.69. The van der Waals surface area contributed by atoms with Crippen LogP contribution in [-0.4, -0.2) is 23.0 Å². The Bertz CT molecular complexity index is 319. The summed E-state index contributed by atoms with van der Waals surface area (Å²) in [5.74, 6) is 0. The molecule has 0 aromatic carbocycles. The van der Waals surface area contributed by atoms with Crippen molar-refractivity contribution in [3.8, 4) is 0 Å². The highest BCUT2D eigenvalue weighted by molar-refractivity contribution is 5.07. The largest absolute Gasteiger partial charge is 0.390 e. The highest BCUT2D eigenvalue weighted by Gasteiger charge is 2.33. The monoisotopic (exact) mass is 235 g/mol. The number of alkyl halides is 3. The summed E-state index contributed by atoms with van der Waals surface area (Å²) < 4.78 is 38.6. The first kappa shape index (κ1) is 13.0. The fourth-order valence-corrected chi connectivity index (χ4v) is 1.62. The van der Waals surface area contributed by atoms with Gasteiger partial charge in [0.15, 0.2) is 0 Å². The van der Waals surface area contributed by atoms with Crippen molar-refractivity contribution in [1.82, 2.24) is 15.1 Å². The maximum Gasteiger partial charge on any atom is 0.390 e. The molecule has 16 heavy (non-hydrogen) atoms. The number of rotatable bonds is 5. The second kappa shape index (κ2) is 5.34. The van der Waals surface area contributed by atoms with E-state index in [0.717, 1.165) is 6.42 Å². The first-order valence-electron chi connectivity index (χ1n) is 5.23. The molecule has 0 amide bonds. The number of nitrogens with one attached hydrogen (secondary N) is 1. The van der Waals surface area contributed by atoms with Crippen molar-refractivity contribution in [3.63, 3.8) is 0 Å². The highest BCUT2D eigenvalue weighted by atomic mass is 19.4. The molecule has 0 bridgehead atoms. The molecule has 0 saturated carbocycles. The number of halogens is 3. The van der Waals surface area contributed by atoms with Crippen LogP contribution in [0, 0.1) is 0 Å². The van der Waals surface area contributed by atoms with Crippen molar-refractivity contribution < 1.29 is 13.2 Å². The van der Waals surface area contributed by atoms with E-state index in [1.807, 2.05) is 6.92 Å². The molecule has 0 radical (unpaired) electrons. The average molecular weight is 235 g/mol. The van der Waals surface area contributed by atoms with Crippen LogP contribution >= 0.6 is 0 Å². The predicted octanol–water partition coefficient (Wildman–Crippen LogP) is 2.51. The maximum atomic E-state index is 12.3. The lowest BCUT2D eigenvalue weighted by atomic mass is 10.1. The van der Waals surface area contributed by atoms with Gasteiger partial charge < -0.3 is 5.32 Å². The number of nitrogens with zero attached hydrogens (tertiary/aromatic N) is 2. The van der Waals surface area contributed by atoms with E-state index in [2.05, 4.69) is 10.4 Å². The van der Waals surface area contributed by atoms with Gasteiger partial charge in [-0.3, -0.25) is 4.68 Å². The van der Waals surface area contributed by atoms with Crippen LogP contribution in [0.2, 0.25) is 0 Å². The Morgan fingerprint density at radius 1 is 1.50 bits per heavy atom. The molecular formula is C10H16F3N3. The molecule has 1 unspecified atom stereocenters. The minimum absolute atomic E-state index is 0.585. The van der Waals surface area contributed by atoms with Gasteiger partial charge in [-0.15, -0.1) is 0 Å². The summed E-state index contributed by atoms with van der Waals surface area (Å²) in [7, 11) is 1.53. The van der Waals surface area contributed by atoms with Gasteiger partial charge in [0.05, 0.1) is 18.2 Å². The van der Waals surface area contributed by atoms with Gasteiger partial charge in [0.25, 0.3) is 0 Å². The molecule has 0 fully saturated rings. The molecule has 1 aromatic heterocycles. The number of hydrogen-bond donors (Lipinski definition) is 1. The minimum Gasteiger partial charge on any atom is -0.311 e. The number of aryl methyl sites for hydroxylation is 1. The Hall–Kier alpha value is -1.04. The van der Waals surface area contributed by atoms with Crippen LogP contribution in [0.5, 0.6) is 0 Å². The smallest absolute Gasteiger partial charge is 0.311 e. The van der Waals surface area contributed by atoms with E-state index in [4.69, 9.17) is 0 Å². The highest BCUT2D eigenvalue weighted by Crippen LogP contribution is 2.29. The molecule has 0 aliphatic rings. The van der Waals surface area contributed by atoms with Crippen molar-refractivity contribution in [2.24, 2.45) is 0 Å². The zero-order chi connectivity index (χ0) is 12.2. The van der Waals surface area contributed by atoms with E-state index in [9.17, 15) is 13.2 Å². The Labute approximate surface area is 92.6 Å². The first-order valence-corrected chi connectivity index (χ1v) is 5.23. The Morgan fingerprint density at radius 2 is 2.19 bits per heavy atom. The predicted molar refractivity (Wildman–Crippen MR) is 55.0 cm³/mol. The summed E-state index contributed by atoms with van der Waals surface area (Å²) >= 11 is 0. The summed E-state index contributed by atoms with van der Waals surface area (Å²) in [6.45, 7) is 2.60. The van der Waals surface area contributed by atoms with Crippen LogP contribution in [0.25, 0.3) is 0 Å². The van der Waals surface area contributed by atoms with E-state index in [1.54, 1.807) is 10.7 Å². The quantitative estimate of drug-likeness (QED) is 0.849. The molecule has 92 valence electrons. The van der Waals surface area contributed by atoms with Gasteiger partial charge in [0.1, 0.15) is 0 Å². The molecule has 0 saturated heterocycles.